The van der Waals surface area contributed by atoms with Crippen LogP contribution < -0.4 is 20.9 Å². The monoisotopic (exact) mass is 486 g/mol. The molecule has 1 saturated heterocycles. The lowest BCUT2D eigenvalue weighted by atomic mass is 9.98. The van der Waals surface area contributed by atoms with Gasteiger partial charge >= 0.3 is 0 Å². The molecule has 0 amide bonds. The van der Waals surface area contributed by atoms with Crippen LogP contribution in [-0.2, 0) is 17.1 Å². The number of tetrazole rings is 1. The number of nitrogens with zero attached hydrogens (tertiary/aromatic N) is 5. The minimum Gasteiger partial charge on any atom is -0.369 e. The number of H-pyrrole nitrogens is 1. The van der Waals surface area contributed by atoms with Crippen molar-refractivity contribution < 1.29 is 8.42 Å². The average Bonchev–Trinajstić information content (AvgIpc) is 3.56. The van der Waals surface area contributed by atoms with Gasteiger partial charge in [0.1, 0.15) is 0 Å². The minimum absolute atomic E-state index is 0.0539. The van der Waals surface area contributed by atoms with Gasteiger partial charge in [-0.25, -0.2) is 18.1 Å². The number of aryl methyl sites for hydroxylation is 1. The highest BCUT2D eigenvalue weighted by Crippen LogP contribution is 2.42. The van der Waals surface area contributed by atoms with Gasteiger partial charge in [0.05, 0.1) is 20.8 Å². The Bertz CT molecular complexity index is 1430. The molecule has 0 radical (unpaired) electrons. The van der Waals surface area contributed by atoms with E-state index in [1.807, 2.05) is 25.2 Å². The molecule has 3 heterocycles. The molecule has 172 valence electrons. The molecular weight excluding hydrogens is 464 g/mol. The van der Waals surface area contributed by atoms with Crippen molar-refractivity contribution in [3.8, 4) is 22.5 Å². The lowest BCUT2D eigenvalue weighted by molar-refractivity contribution is 0.558. The number of benzene rings is 2. The number of rotatable bonds is 6. The van der Waals surface area contributed by atoms with E-state index in [4.69, 9.17) is 10.9 Å². The number of nitrogens with one attached hydrogen (secondary N) is 3. The smallest absolute Gasteiger partial charge is 0.242 e. The molecule has 0 bridgehead atoms. The number of hydrogen-bond acceptors (Lipinski definition) is 10. The highest BCUT2D eigenvalue weighted by molar-refractivity contribution is 7.98. The summed E-state index contributed by atoms with van der Waals surface area (Å²) < 4.78 is 31.1. The molecule has 14 heteroatoms. The number of fused-ring (bicyclic) bond motifs is 1. The van der Waals surface area contributed by atoms with Crippen molar-refractivity contribution >= 4 is 39.0 Å². The van der Waals surface area contributed by atoms with Crippen LogP contribution in [0.5, 0.6) is 0 Å². The third-order valence-electron chi connectivity index (χ3n) is 5.72. The van der Waals surface area contributed by atoms with E-state index in [-0.39, 0.29) is 16.8 Å². The van der Waals surface area contributed by atoms with E-state index in [0.717, 1.165) is 29.6 Å². The highest BCUT2D eigenvalue weighted by atomic mass is 32.2. The fraction of sp³-hybridized carbons (Fsp3) is 0.263. The van der Waals surface area contributed by atoms with Crippen LogP contribution in [-0.4, -0.2) is 57.7 Å². The summed E-state index contributed by atoms with van der Waals surface area (Å²) in [6.07, 6.45) is 0.712. The third-order valence-corrected chi connectivity index (χ3v) is 8.07. The number of anilines is 1. The standard InChI is InChI=1S/C19H22N10O2S2/c1-29-13-4-2-3-12(16(13)23-19(29)20)11-5-6-14(33(30,31)26-10-7-8-22-9-10)17(32-21)15(11)18-24-27-28-25-18/h2-6,10,22,26H,7-9,21H2,1H3,(H2,20,23)(H,24,25,27,28)/t10-/m0/s1. The van der Waals surface area contributed by atoms with Gasteiger partial charge in [0.15, 0.2) is 0 Å². The van der Waals surface area contributed by atoms with Crippen molar-refractivity contribution in [1.29, 1.82) is 0 Å². The summed E-state index contributed by atoms with van der Waals surface area (Å²) in [6, 6.07) is 8.75. The fourth-order valence-corrected chi connectivity index (χ4v) is 6.43. The molecule has 0 unspecified atom stereocenters. The van der Waals surface area contributed by atoms with Gasteiger partial charge in [-0.3, -0.25) is 5.14 Å². The molecule has 7 N–H and O–H groups in total. The number of nitrogens with two attached hydrogens (primary N) is 2. The van der Waals surface area contributed by atoms with Crippen molar-refractivity contribution in [2.24, 2.45) is 12.2 Å². The van der Waals surface area contributed by atoms with Gasteiger partial charge in [-0.15, -0.1) is 10.2 Å². The minimum atomic E-state index is -3.86. The first-order chi connectivity index (χ1) is 15.9. The van der Waals surface area contributed by atoms with Crippen molar-refractivity contribution in [3.63, 3.8) is 0 Å². The van der Waals surface area contributed by atoms with Crippen LogP contribution in [0.1, 0.15) is 6.42 Å². The van der Waals surface area contributed by atoms with Crippen molar-refractivity contribution in [2.45, 2.75) is 22.3 Å². The predicted octanol–water partition coefficient (Wildman–Crippen LogP) is 0.609. The number of para-hydroxylation sites is 1. The van der Waals surface area contributed by atoms with Gasteiger partial charge < -0.3 is 15.6 Å². The topological polar surface area (TPSA) is 183 Å². The normalized spacial score (nSPS) is 16.6. The van der Waals surface area contributed by atoms with E-state index in [1.54, 1.807) is 16.7 Å². The zero-order chi connectivity index (χ0) is 23.2. The maximum absolute atomic E-state index is 13.3. The lowest BCUT2D eigenvalue weighted by Gasteiger charge is -2.18. The molecule has 1 aliphatic rings. The summed E-state index contributed by atoms with van der Waals surface area (Å²) in [4.78, 5) is 4.87. The van der Waals surface area contributed by atoms with Crippen molar-refractivity contribution in [3.05, 3.63) is 30.3 Å². The molecule has 0 saturated carbocycles. The molecule has 1 aliphatic heterocycles. The Hall–Kier alpha value is -3.04. The zero-order valence-corrected chi connectivity index (χ0v) is 19.2. The second-order valence-corrected chi connectivity index (χ2v) is 10.0. The van der Waals surface area contributed by atoms with Crippen LogP contribution in [0.4, 0.5) is 5.95 Å². The Kier molecular flexibility index (Phi) is 5.54. The summed E-state index contributed by atoms with van der Waals surface area (Å²) >= 11 is 0.821. The maximum Gasteiger partial charge on any atom is 0.242 e. The second-order valence-electron chi connectivity index (χ2n) is 7.68. The Morgan fingerprint density at radius 2 is 2.09 bits per heavy atom. The van der Waals surface area contributed by atoms with Gasteiger partial charge in [-0.05, 0) is 47.8 Å². The highest BCUT2D eigenvalue weighted by Gasteiger charge is 2.29. The largest absolute Gasteiger partial charge is 0.369 e. The second kappa shape index (κ2) is 8.39. The van der Waals surface area contributed by atoms with E-state index in [9.17, 15) is 8.42 Å². The molecule has 0 aliphatic carbocycles. The van der Waals surface area contributed by atoms with E-state index >= 15 is 0 Å². The van der Waals surface area contributed by atoms with Crippen LogP contribution >= 0.6 is 11.9 Å². The number of nitrogen functional groups attached to an aromatic ring is 1. The average molecular weight is 487 g/mol. The first kappa shape index (κ1) is 21.8. The maximum atomic E-state index is 13.3. The molecule has 0 spiro atoms. The van der Waals surface area contributed by atoms with Gasteiger partial charge in [-0.1, -0.05) is 18.2 Å². The summed E-state index contributed by atoms with van der Waals surface area (Å²) in [5, 5.41) is 23.5. The molecule has 33 heavy (non-hydrogen) atoms. The van der Waals surface area contributed by atoms with Gasteiger partial charge in [0.2, 0.25) is 21.8 Å². The van der Waals surface area contributed by atoms with Crippen molar-refractivity contribution in [1.82, 2.24) is 40.2 Å². The predicted molar refractivity (Wildman–Crippen MR) is 125 cm³/mol. The number of aromatic amines is 1. The molecular formula is C19H22N10O2S2. The summed E-state index contributed by atoms with van der Waals surface area (Å²) in [7, 11) is -2.03. The SMILES string of the molecule is Cn1c(N)nc2c(-c3ccc(S(=O)(=O)N[C@H]4CCNC4)c(SN)c3-c3nn[nH]n3)cccc21. The lowest BCUT2D eigenvalue weighted by Crippen LogP contribution is -2.36. The van der Waals surface area contributed by atoms with Gasteiger partial charge in [-0.2, -0.15) is 5.21 Å². The van der Waals surface area contributed by atoms with E-state index < -0.39 is 10.0 Å². The molecule has 2 aromatic heterocycles. The molecule has 12 nitrogen and oxygen atoms in total. The number of sulfonamides is 1. The third kappa shape index (κ3) is 3.75. The Labute approximate surface area is 193 Å². The van der Waals surface area contributed by atoms with Crippen LogP contribution in [0.3, 0.4) is 0 Å². The van der Waals surface area contributed by atoms with Crippen LogP contribution in [0.15, 0.2) is 40.1 Å². The van der Waals surface area contributed by atoms with Crippen LogP contribution in [0.2, 0.25) is 0 Å². The van der Waals surface area contributed by atoms with E-state index in [2.05, 4.69) is 35.6 Å². The summed E-state index contributed by atoms with van der Waals surface area (Å²) in [5.41, 5.74) is 9.39. The Morgan fingerprint density at radius 1 is 1.24 bits per heavy atom. The fourth-order valence-electron chi connectivity index (χ4n) is 4.09. The zero-order valence-electron chi connectivity index (χ0n) is 17.6. The van der Waals surface area contributed by atoms with Gasteiger partial charge in [0, 0.05) is 30.8 Å². The van der Waals surface area contributed by atoms with Crippen LogP contribution in [0, 0.1) is 0 Å². The molecule has 5 rings (SSSR count). The first-order valence-corrected chi connectivity index (χ1v) is 12.5. The van der Waals surface area contributed by atoms with Gasteiger partial charge in [0.25, 0.3) is 0 Å². The Balaban J connectivity index is 1.75. The summed E-state index contributed by atoms with van der Waals surface area (Å²) in [6.45, 7) is 1.33. The van der Waals surface area contributed by atoms with E-state index in [1.165, 1.54) is 0 Å². The molecule has 1 atom stereocenters. The van der Waals surface area contributed by atoms with Crippen molar-refractivity contribution in [2.75, 3.05) is 18.8 Å². The number of aromatic nitrogens is 6. The summed E-state index contributed by atoms with van der Waals surface area (Å²) in [5.74, 6) is 0.582. The molecule has 2 aromatic carbocycles. The molecule has 4 aromatic rings. The van der Waals surface area contributed by atoms with Crippen LogP contribution in [0.25, 0.3) is 33.5 Å². The molecule has 1 fully saturated rings. The van der Waals surface area contributed by atoms with E-state index in [0.29, 0.717) is 40.5 Å². The quantitative estimate of drug-likeness (QED) is 0.242. The first-order valence-electron chi connectivity index (χ1n) is 10.1. The number of hydrogen-bond donors (Lipinski definition) is 5. The number of imidazole rings is 1. The Morgan fingerprint density at radius 3 is 2.79 bits per heavy atom.